The summed E-state index contributed by atoms with van der Waals surface area (Å²) in [6.45, 7) is 5.11. The Morgan fingerprint density at radius 2 is 2.05 bits per heavy atom. The van der Waals surface area contributed by atoms with Crippen LogP contribution in [-0.2, 0) is 0 Å². The number of aromatic nitrogens is 2. The first kappa shape index (κ1) is 15.0. The van der Waals surface area contributed by atoms with Gasteiger partial charge in [0.05, 0.1) is 0 Å². The first-order valence-electron chi connectivity index (χ1n) is 6.23. The van der Waals surface area contributed by atoms with Crippen molar-refractivity contribution in [2.24, 2.45) is 0 Å². The number of hydrogen-bond acceptors (Lipinski definition) is 5. The van der Waals surface area contributed by atoms with Crippen LogP contribution in [0.15, 0.2) is 6.07 Å². The van der Waals surface area contributed by atoms with Gasteiger partial charge in [-0.25, -0.2) is 14.8 Å². The minimum Gasteiger partial charge on any atom is -0.384 e. The molecule has 0 aliphatic rings. The van der Waals surface area contributed by atoms with E-state index in [0.29, 0.717) is 30.5 Å². The zero-order valence-electron chi connectivity index (χ0n) is 11.9. The van der Waals surface area contributed by atoms with E-state index < -0.39 is 0 Å². The summed E-state index contributed by atoms with van der Waals surface area (Å²) in [5.41, 5.74) is 5.72. The monoisotopic (exact) mass is 266 g/mol. The second-order valence-corrected chi connectivity index (χ2v) is 4.74. The van der Waals surface area contributed by atoms with Gasteiger partial charge in [0, 0.05) is 39.2 Å². The summed E-state index contributed by atoms with van der Waals surface area (Å²) in [6.07, 6.45) is 0. The molecule has 0 unspecified atom stereocenters. The Morgan fingerprint density at radius 1 is 1.37 bits per heavy atom. The van der Waals surface area contributed by atoms with Gasteiger partial charge in [0.25, 0.3) is 0 Å². The number of rotatable bonds is 5. The number of carbonyl (C=O) groups is 1. The molecule has 0 bridgehead atoms. The highest BCUT2D eigenvalue weighted by Gasteiger charge is 2.06. The maximum absolute atomic E-state index is 11.3. The van der Waals surface area contributed by atoms with Crippen molar-refractivity contribution in [3.8, 4) is 0 Å². The Balaban J connectivity index is 2.47. The van der Waals surface area contributed by atoms with Gasteiger partial charge in [0.2, 0.25) is 0 Å². The lowest BCUT2D eigenvalue weighted by atomic mass is 10.2. The quantitative estimate of drug-likeness (QED) is 0.687. The number of nitrogen functional groups attached to an aromatic ring is 1. The lowest BCUT2D eigenvalue weighted by Crippen LogP contribution is -2.37. The van der Waals surface area contributed by atoms with Crippen molar-refractivity contribution in [3.05, 3.63) is 11.9 Å². The number of nitrogens with zero attached hydrogens (tertiary/aromatic N) is 3. The van der Waals surface area contributed by atoms with Crippen molar-refractivity contribution >= 4 is 17.7 Å². The van der Waals surface area contributed by atoms with Crippen molar-refractivity contribution in [3.63, 3.8) is 0 Å². The van der Waals surface area contributed by atoms with Crippen LogP contribution in [0.4, 0.5) is 16.4 Å². The Morgan fingerprint density at radius 3 is 2.63 bits per heavy atom. The van der Waals surface area contributed by atoms with Crippen LogP contribution in [0.2, 0.25) is 0 Å². The van der Waals surface area contributed by atoms with Gasteiger partial charge in [0.1, 0.15) is 17.5 Å². The molecule has 7 nitrogen and oxygen atoms in total. The number of urea groups is 1. The summed E-state index contributed by atoms with van der Waals surface area (Å²) in [4.78, 5) is 21.3. The molecular formula is C12H22N6O. The third kappa shape index (κ3) is 4.99. The third-order valence-corrected chi connectivity index (χ3v) is 2.39. The summed E-state index contributed by atoms with van der Waals surface area (Å²) >= 11 is 0. The number of amides is 2. The zero-order chi connectivity index (χ0) is 14.4. The molecule has 0 saturated carbocycles. The second kappa shape index (κ2) is 6.77. The molecule has 0 spiro atoms. The van der Waals surface area contributed by atoms with Crippen molar-refractivity contribution in [1.29, 1.82) is 0 Å². The van der Waals surface area contributed by atoms with Gasteiger partial charge in [-0.15, -0.1) is 0 Å². The standard InChI is InChI=1S/C12H22N6O/c1-8(2)11-16-9(13)7-10(17-11)14-5-6-15-12(19)18(3)4/h7-8H,5-6H2,1-4H3,(H,15,19)(H3,13,14,16,17). The lowest BCUT2D eigenvalue weighted by Gasteiger charge is -2.13. The fourth-order valence-electron chi connectivity index (χ4n) is 1.35. The molecule has 19 heavy (non-hydrogen) atoms. The molecule has 0 fully saturated rings. The van der Waals surface area contributed by atoms with Crippen molar-refractivity contribution in [2.75, 3.05) is 38.2 Å². The van der Waals surface area contributed by atoms with Gasteiger partial charge in [-0.05, 0) is 0 Å². The van der Waals surface area contributed by atoms with Crippen LogP contribution in [-0.4, -0.2) is 48.1 Å². The normalized spacial score (nSPS) is 10.4. The van der Waals surface area contributed by atoms with E-state index >= 15 is 0 Å². The molecule has 1 aromatic heterocycles. The van der Waals surface area contributed by atoms with Crippen LogP contribution in [0.25, 0.3) is 0 Å². The van der Waals surface area contributed by atoms with Gasteiger partial charge < -0.3 is 21.3 Å². The summed E-state index contributed by atoms with van der Waals surface area (Å²) in [6, 6.07) is 1.56. The summed E-state index contributed by atoms with van der Waals surface area (Å²) in [5, 5.41) is 5.86. The number of nitrogens with one attached hydrogen (secondary N) is 2. The molecule has 0 atom stereocenters. The summed E-state index contributed by atoms with van der Waals surface area (Å²) in [7, 11) is 3.39. The molecule has 4 N–H and O–H groups in total. The molecule has 7 heteroatoms. The van der Waals surface area contributed by atoms with E-state index in [1.54, 1.807) is 20.2 Å². The topological polar surface area (TPSA) is 96.2 Å². The number of hydrogen-bond donors (Lipinski definition) is 3. The number of anilines is 2. The molecule has 106 valence electrons. The number of carbonyl (C=O) groups excluding carboxylic acids is 1. The van der Waals surface area contributed by atoms with Crippen LogP contribution >= 0.6 is 0 Å². The highest BCUT2D eigenvalue weighted by atomic mass is 16.2. The van der Waals surface area contributed by atoms with Gasteiger partial charge in [-0.2, -0.15) is 0 Å². The molecule has 1 rings (SSSR count). The van der Waals surface area contributed by atoms with E-state index in [4.69, 9.17) is 5.73 Å². The molecule has 0 radical (unpaired) electrons. The van der Waals surface area contributed by atoms with Crippen LogP contribution in [0.3, 0.4) is 0 Å². The Bertz CT molecular complexity index is 432. The fourth-order valence-corrected chi connectivity index (χ4v) is 1.35. The fraction of sp³-hybridized carbons (Fsp3) is 0.583. The zero-order valence-corrected chi connectivity index (χ0v) is 11.9. The molecule has 0 aliphatic carbocycles. The minimum atomic E-state index is -0.119. The summed E-state index contributed by atoms with van der Waals surface area (Å²) in [5.74, 6) is 2.05. The average Bonchev–Trinajstić information content (AvgIpc) is 2.33. The highest BCUT2D eigenvalue weighted by Crippen LogP contribution is 2.14. The maximum Gasteiger partial charge on any atom is 0.316 e. The van der Waals surface area contributed by atoms with E-state index in [0.717, 1.165) is 0 Å². The molecule has 0 aromatic carbocycles. The number of nitrogens with two attached hydrogens (primary N) is 1. The predicted octanol–water partition coefficient (Wildman–Crippen LogP) is 0.865. The Hall–Kier alpha value is -2.05. The van der Waals surface area contributed by atoms with Crippen molar-refractivity contribution in [2.45, 2.75) is 19.8 Å². The molecule has 1 heterocycles. The van der Waals surface area contributed by atoms with Crippen LogP contribution in [0, 0.1) is 0 Å². The van der Waals surface area contributed by atoms with Crippen LogP contribution in [0.1, 0.15) is 25.6 Å². The Kier molecular flexibility index (Phi) is 5.35. The molecule has 1 aromatic rings. The van der Waals surface area contributed by atoms with E-state index in [1.807, 2.05) is 13.8 Å². The van der Waals surface area contributed by atoms with E-state index in [9.17, 15) is 4.79 Å². The first-order chi connectivity index (χ1) is 8.90. The van der Waals surface area contributed by atoms with Crippen LogP contribution < -0.4 is 16.4 Å². The van der Waals surface area contributed by atoms with Gasteiger partial charge in [0.15, 0.2) is 0 Å². The van der Waals surface area contributed by atoms with Crippen LogP contribution in [0.5, 0.6) is 0 Å². The minimum absolute atomic E-state index is 0.119. The van der Waals surface area contributed by atoms with E-state index in [1.165, 1.54) is 4.90 Å². The summed E-state index contributed by atoms with van der Waals surface area (Å²) < 4.78 is 0. The average molecular weight is 266 g/mol. The SMILES string of the molecule is CC(C)c1nc(N)cc(NCCNC(=O)N(C)C)n1. The van der Waals surface area contributed by atoms with Gasteiger partial charge in [-0.3, -0.25) is 0 Å². The molecular weight excluding hydrogens is 244 g/mol. The second-order valence-electron chi connectivity index (χ2n) is 4.74. The first-order valence-corrected chi connectivity index (χ1v) is 6.23. The van der Waals surface area contributed by atoms with E-state index in [-0.39, 0.29) is 11.9 Å². The lowest BCUT2D eigenvalue weighted by molar-refractivity contribution is 0.218. The molecule has 0 saturated heterocycles. The van der Waals surface area contributed by atoms with Crippen molar-refractivity contribution in [1.82, 2.24) is 20.2 Å². The predicted molar refractivity (Wildman–Crippen MR) is 76.1 cm³/mol. The van der Waals surface area contributed by atoms with Gasteiger partial charge >= 0.3 is 6.03 Å². The smallest absolute Gasteiger partial charge is 0.316 e. The maximum atomic E-state index is 11.3. The Labute approximate surface area is 113 Å². The third-order valence-electron chi connectivity index (χ3n) is 2.39. The molecule has 0 aliphatic heterocycles. The largest absolute Gasteiger partial charge is 0.384 e. The van der Waals surface area contributed by atoms with Crippen molar-refractivity contribution < 1.29 is 4.79 Å². The highest BCUT2D eigenvalue weighted by molar-refractivity contribution is 5.73. The molecule has 2 amide bonds. The van der Waals surface area contributed by atoms with E-state index in [2.05, 4.69) is 20.6 Å². The van der Waals surface area contributed by atoms with Gasteiger partial charge in [-0.1, -0.05) is 13.8 Å².